The molecule has 3 aromatic carbocycles. The molecule has 0 unspecified atom stereocenters. The first-order valence-electron chi connectivity index (χ1n) is 12.2. The maximum Gasteiger partial charge on any atom is 0.490 e. The van der Waals surface area contributed by atoms with Crippen LogP contribution in [0, 0.1) is 0 Å². The predicted molar refractivity (Wildman–Crippen MR) is 145 cm³/mol. The number of halogens is 3. The number of carboxylic acids is 1. The molecule has 1 heterocycles. The van der Waals surface area contributed by atoms with Crippen molar-refractivity contribution in [2.45, 2.75) is 17.6 Å². The van der Waals surface area contributed by atoms with E-state index in [1.54, 1.807) is 42.3 Å². The molecular weight excluding hydrogens is 549 g/mol. The third-order valence-corrected chi connectivity index (χ3v) is 7.24. The van der Waals surface area contributed by atoms with Crippen LogP contribution in [0.5, 0.6) is 0 Å². The van der Waals surface area contributed by atoms with E-state index in [1.165, 1.54) is 12.1 Å². The van der Waals surface area contributed by atoms with E-state index in [0.717, 1.165) is 37.4 Å². The molecule has 4 rings (SSSR count). The summed E-state index contributed by atoms with van der Waals surface area (Å²) in [6.45, 7) is 3.67. The zero-order valence-corrected chi connectivity index (χ0v) is 22.4. The number of carbonyl (C=O) groups excluding carboxylic acids is 1. The zero-order chi connectivity index (χ0) is 29.3. The molecule has 1 amide bonds. The van der Waals surface area contributed by atoms with Crippen molar-refractivity contribution in [1.29, 1.82) is 0 Å². The third kappa shape index (κ3) is 8.45. The van der Waals surface area contributed by atoms with Crippen LogP contribution in [0.1, 0.15) is 15.9 Å². The lowest BCUT2D eigenvalue weighted by molar-refractivity contribution is -0.192. The highest BCUT2D eigenvalue weighted by atomic mass is 32.2. The van der Waals surface area contributed by atoms with Gasteiger partial charge in [0.25, 0.3) is 15.9 Å². The monoisotopic (exact) mass is 578 g/mol. The lowest BCUT2D eigenvalue weighted by atomic mass is 10.1. The minimum atomic E-state index is -5.08. The summed E-state index contributed by atoms with van der Waals surface area (Å²) in [5, 5.41) is 10.4. The second-order valence-corrected chi connectivity index (χ2v) is 10.5. The lowest BCUT2D eigenvalue weighted by Gasteiger charge is -2.32. The number of alkyl halides is 3. The zero-order valence-electron chi connectivity index (χ0n) is 21.6. The van der Waals surface area contributed by atoms with E-state index >= 15 is 0 Å². The average Bonchev–Trinajstić information content (AvgIpc) is 2.94. The summed E-state index contributed by atoms with van der Waals surface area (Å²) in [5.74, 6) is -2.92. The fourth-order valence-corrected chi connectivity index (χ4v) is 4.97. The molecule has 1 fully saturated rings. The number of anilines is 2. The van der Waals surface area contributed by atoms with Crippen LogP contribution in [0.25, 0.3) is 0 Å². The first kappa shape index (κ1) is 30.4. The Kier molecular flexibility index (Phi) is 10.1. The van der Waals surface area contributed by atoms with E-state index in [1.807, 2.05) is 36.4 Å². The van der Waals surface area contributed by atoms with Crippen molar-refractivity contribution in [3.8, 4) is 0 Å². The largest absolute Gasteiger partial charge is 0.490 e. The van der Waals surface area contributed by atoms with E-state index in [-0.39, 0.29) is 10.8 Å². The molecule has 0 aromatic heterocycles. The van der Waals surface area contributed by atoms with Crippen LogP contribution in [0.4, 0.5) is 24.5 Å². The van der Waals surface area contributed by atoms with Gasteiger partial charge >= 0.3 is 12.1 Å². The summed E-state index contributed by atoms with van der Waals surface area (Å²) in [4.78, 5) is 26.4. The van der Waals surface area contributed by atoms with Gasteiger partial charge in [0.2, 0.25) is 0 Å². The number of hydrogen-bond donors (Lipinski definition) is 3. The molecule has 1 saturated heterocycles. The Hall–Kier alpha value is -4.10. The van der Waals surface area contributed by atoms with Gasteiger partial charge in [0.15, 0.2) is 0 Å². The number of aliphatic carboxylic acids is 1. The third-order valence-electron chi connectivity index (χ3n) is 5.84. The molecule has 0 radical (unpaired) electrons. The molecule has 13 heteroatoms. The smallest absolute Gasteiger partial charge is 0.475 e. The van der Waals surface area contributed by atoms with E-state index in [4.69, 9.17) is 9.90 Å². The molecule has 214 valence electrons. The quantitative estimate of drug-likeness (QED) is 0.390. The molecular formula is C27H29F3N4O5S. The first-order valence-corrected chi connectivity index (χ1v) is 13.6. The average molecular weight is 579 g/mol. The Balaban J connectivity index is 0.000000559. The van der Waals surface area contributed by atoms with Crippen LogP contribution >= 0.6 is 0 Å². The van der Waals surface area contributed by atoms with Gasteiger partial charge < -0.3 is 20.2 Å². The molecule has 0 bridgehead atoms. The van der Waals surface area contributed by atoms with Crippen molar-refractivity contribution in [3.05, 3.63) is 90.0 Å². The highest BCUT2D eigenvalue weighted by molar-refractivity contribution is 7.92. The molecule has 0 spiro atoms. The van der Waals surface area contributed by atoms with Crippen molar-refractivity contribution in [2.75, 3.05) is 42.8 Å². The van der Waals surface area contributed by atoms with Gasteiger partial charge in [-0.3, -0.25) is 9.52 Å². The molecule has 3 aromatic rings. The van der Waals surface area contributed by atoms with Crippen molar-refractivity contribution in [3.63, 3.8) is 0 Å². The molecule has 40 heavy (non-hydrogen) atoms. The van der Waals surface area contributed by atoms with E-state index in [9.17, 15) is 26.4 Å². The van der Waals surface area contributed by atoms with Crippen LogP contribution in [0.15, 0.2) is 83.8 Å². The predicted octanol–water partition coefficient (Wildman–Crippen LogP) is 3.80. The summed E-state index contributed by atoms with van der Waals surface area (Å²) >= 11 is 0. The van der Waals surface area contributed by atoms with Crippen LogP contribution in [-0.4, -0.2) is 69.7 Å². The van der Waals surface area contributed by atoms with Crippen LogP contribution in [0.2, 0.25) is 0 Å². The maximum atomic E-state index is 13.5. The first-order chi connectivity index (χ1) is 18.9. The fourth-order valence-electron chi connectivity index (χ4n) is 3.90. The van der Waals surface area contributed by atoms with Gasteiger partial charge in [0, 0.05) is 51.1 Å². The molecule has 0 saturated carbocycles. The highest BCUT2D eigenvalue weighted by Crippen LogP contribution is 2.28. The normalized spacial score (nSPS) is 13.6. The number of hydrogen-bond acceptors (Lipinski definition) is 6. The van der Waals surface area contributed by atoms with Crippen LogP contribution in [0.3, 0.4) is 0 Å². The Bertz CT molecular complexity index is 1400. The van der Waals surface area contributed by atoms with Crippen molar-refractivity contribution in [2.24, 2.45) is 0 Å². The molecule has 1 aliphatic heterocycles. The number of carbonyl (C=O) groups is 2. The number of carboxylic acid groups (broad SMARTS) is 1. The standard InChI is InChI=1S/C25H28N4O3S.C2HF3O2/c1-28(19-20-8-4-2-5-9-20)25(30)23-18-21(12-13-24(23)29-16-14-26-15-17-29)27-33(31,32)22-10-6-3-7-11-22;3-2(4,5)1(6)7/h2-13,18,26-27H,14-17,19H2,1H3;(H,6,7). The topological polar surface area (TPSA) is 119 Å². The highest BCUT2D eigenvalue weighted by Gasteiger charge is 2.38. The van der Waals surface area contributed by atoms with Gasteiger partial charge in [-0.1, -0.05) is 48.5 Å². The second kappa shape index (κ2) is 13.3. The van der Waals surface area contributed by atoms with Gasteiger partial charge in [0.05, 0.1) is 10.5 Å². The summed E-state index contributed by atoms with van der Waals surface area (Å²) < 4.78 is 60.0. The number of amides is 1. The molecule has 3 N–H and O–H groups in total. The van der Waals surface area contributed by atoms with Gasteiger partial charge in [-0.2, -0.15) is 13.2 Å². The number of rotatable bonds is 7. The molecule has 0 atom stereocenters. The summed E-state index contributed by atoms with van der Waals surface area (Å²) in [7, 11) is -2.00. The maximum absolute atomic E-state index is 13.5. The second-order valence-electron chi connectivity index (χ2n) is 8.84. The number of piperazine rings is 1. The van der Waals surface area contributed by atoms with Crippen LogP contribution in [-0.2, 0) is 21.4 Å². The van der Waals surface area contributed by atoms with E-state index in [2.05, 4.69) is 14.9 Å². The Labute approximate surface area is 230 Å². The number of nitrogens with one attached hydrogen (secondary N) is 2. The van der Waals surface area contributed by atoms with Crippen LogP contribution < -0.4 is 14.9 Å². The van der Waals surface area contributed by atoms with Crippen molar-refractivity contribution in [1.82, 2.24) is 10.2 Å². The molecule has 1 aliphatic rings. The minimum Gasteiger partial charge on any atom is -0.475 e. The van der Waals surface area contributed by atoms with E-state index < -0.39 is 22.2 Å². The summed E-state index contributed by atoms with van der Waals surface area (Å²) in [5.41, 5.74) is 2.67. The molecule has 0 aliphatic carbocycles. The minimum absolute atomic E-state index is 0.159. The summed E-state index contributed by atoms with van der Waals surface area (Å²) in [6.07, 6.45) is -5.08. The Morgan fingerprint density at radius 3 is 2.08 bits per heavy atom. The molecule has 9 nitrogen and oxygen atoms in total. The van der Waals surface area contributed by atoms with Gasteiger partial charge in [-0.05, 0) is 35.9 Å². The fraction of sp³-hybridized carbons (Fsp3) is 0.259. The van der Waals surface area contributed by atoms with Gasteiger partial charge in [-0.25, -0.2) is 13.2 Å². The lowest BCUT2D eigenvalue weighted by Crippen LogP contribution is -2.44. The number of benzene rings is 3. The van der Waals surface area contributed by atoms with Crippen molar-refractivity contribution < 1.29 is 36.3 Å². The Morgan fingerprint density at radius 1 is 0.975 bits per heavy atom. The van der Waals surface area contributed by atoms with Gasteiger partial charge in [-0.15, -0.1) is 0 Å². The van der Waals surface area contributed by atoms with Gasteiger partial charge in [0.1, 0.15) is 0 Å². The number of sulfonamides is 1. The Morgan fingerprint density at radius 2 is 1.52 bits per heavy atom. The van der Waals surface area contributed by atoms with Crippen molar-refractivity contribution >= 4 is 33.3 Å². The number of nitrogens with zero attached hydrogens (tertiary/aromatic N) is 2. The SMILES string of the molecule is CN(Cc1ccccc1)C(=O)c1cc(NS(=O)(=O)c2ccccc2)ccc1N1CCNCC1.O=C(O)C(F)(F)F. The summed E-state index contributed by atoms with van der Waals surface area (Å²) in [6, 6.07) is 23.2. The van der Waals surface area contributed by atoms with E-state index in [0.29, 0.717) is 17.8 Å².